The summed E-state index contributed by atoms with van der Waals surface area (Å²) in [5.41, 5.74) is 2.04. The van der Waals surface area contributed by atoms with Crippen LogP contribution in [0.3, 0.4) is 0 Å². The molecule has 1 fully saturated rings. The third-order valence-electron chi connectivity index (χ3n) is 5.23. The monoisotopic (exact) mass is 424 g/mol. The number of hydrogen-bond acceptors (Lipinski definition) is 6. The van der Waals surface area contributed by atoms with Crippen LogP contribution >= 0.6 is 11.8 Å². The number of nitrogens with zero attached hydrogens (tertiary/aromatic N) is 5. The molecule has 3 aliphatic heterocycles. The van der Waals surface area contributed by atoms with Crippen molar-refractivity contribution in [2.24, 2.45) is 10.1 Å². The average molecular weight is 425 g/mol. The summed E-state index contributed by atoms with van der Waals surface area (Å²) >= 11 is 1.19. The van der Waals surface area contributed by atoms with Gasteiger partial charge in [0, 0.05) is 32.9 Å². The first-order valence-electron chi connectivity index (χ1n) is 9.96. The minimum Gasteiger partial charge on any atom is -0.378 e. The first-order chi connectivity index (χ1) is 14.4. The molecule has 4 rings (SSSR count). The van der Waals surface area contributed by atoms with E-state index < -0.39 is 5.91 Å². The van der Waals surface area contributed by atoms with Crippen LogP contribution in [0.4, 0.5) is 5.69 Å². The number of anilines is 1. The molecule has 0 aliphatic carbocycles. The number of thioether (sulfide) groups is 1. The number of amidine groups is 2. The van der Waals surface area contributed by atoms with E-state index in [0.717, 1.165) is 43.6 Å². The fourth-order valence-corrected chi connectivity index (χ4v) is 4.40. The SMILES string of the molecule is CN(C)c1ccc(/C=C2\C(=N)N3N=C(CC(=O)N4CCCCC4)SC3=NC2=O)cc1. The second kappa shape index (κ2) is 8.43. The van der Waals surface area contributed by atoms with E-state index in [2.05, 4.69) is 10.1 Å². The minimum atomic E-state index is -0.464. The zero-order valence-corrected chi connectivity index (χ0v) is 17.9. The molecule has 0 radical (unpaired) electrons. The molecule has 9 heteroatoms. The lowest BCUT2D eigenvalue weighted by Gasteiger charge is -2.26. The largest absolute Gasteiger partial charge is 0.378 e. The number of carbonyl (C=O) groups excluding carboxylic acids is 2. The van der Waals surface area contributed by atoms with Crippen LogP contribution in [0.15, 0.2) is 39.9 Å². The molecular weight excluding hydrogens is 400 g/mol. The standard InChI is InChI=1S/C21H24N6O2S/c1-25(2)15-8-6-14(7-9-15)12-16-19(22)27-21(23-20(16)29)30-17(24-27)13-18(28)26-10-4-3-5-11-26/h6-9,12,22H,3-5,10-11,13H2,1-2H3/b16-12+,22-19?. The molecular formula is C21H24N6O2S. The summed E-state index contributed by atoms with van der Waals surface area (Å²) in [6, 6.07) is 7.69. The molecule has 3 aliphatic rings. The van der Waals surface area contributed by atoms with Gasteiger partial charge in [0.25, 0.3) is 5.91 Å². The lowest BCUT2D eigenvalue weighted by Crippen LogP contribution is -2.36. The topological polar surface area (TPSA) is 92.4 Å². The highest BCUT2D eigenvalue weighted by Crippen LogP contribution is 2.30. The third kappa shape index (κ3) is 4.16. The molecule has 1 N–H and O–H groups in total. The number of benzene rings is 1. The van der Waals surface area contributed by atoms with E-state index in [9.17, 15) is 9.59 Å². The van der Waals surface area contributed by atoms with Gasteiger partial charge in [0.2, 0.25) is 11.1 Å². The van der Waals surface area contributed by atoms with Crippen molar-refractivity contribution in [1.29, 1.82) is 5.41 Å². The maximum absolute atomic E-state index is 12.5. The molecule has 0 spiro atoms. The highest BCUT2D eigenvalue weighted by atomic mass is 32.2. The molecule has 1 aromatic carbocycles. The van der Waals surface area contributed by atoms with Gasteiger partial charge in [0.05, 0.1) is 12.0 Å². The number of hydrazone groups is 1. The van der Waals surface area contributed by atoms with Crippen LogP contribution < -0.4 is 4.90 Å². The molecule has 1 saturated heterocycles. The summed E-state index contributed by atoms with van der Waals surface area (Å²) in [5.74, 6) is -0.445. The third-order valence-corrected chi connectivity index (χ3v) is 6.14. The molecule has 8 nitrogen and oxygen atoms in total. The van der Waals surface area contributed by atoms with Gasteiger partial charge in [-0.05, 0) is 54.8 Å². The summed E-state index contributed by atoms with van der Waals surface area (Å²) in [6.45, 7) is 1.57. The molecule has 1 aromatic rings. The van der Waals surface area contributed by atoms with Crippen LogP contribution in [-0.2, 0) is 9.59 Å². The summed E-state index contributed by atoms with van der Waals surface area (Å²) < 4.78 is 0. The average Bonchev–Trinajstić information content (AvgIpc) is 3.14. The van der Waals surface area contributed by atoms with Crippen LogP contribution in [0.2, 0.25) is 0 Å². The fraction of sp³-hybridized carbons (Fsp3) is 0.381. The van der Waals surface area contributed by atoms with Crippen LogP contribution in [0.5, 0.6) is 0 Å². The van der Waals surface area contributed by atoms with Gasteiger partial charge in [-0.2, -0.15) is 15.1 Å². The van der Waals surface area contributed by atoms with Crippen LogP contribution in [0.25, 0.3) is 6.08 Å². The van der Waals surface area contributed by atoms with Gasteiger partial charge < -0.3 is 9.80 Å². The van der Waals surface area contributed by atoms with Crippen molar-refractivity contribution in [3.8, 4) is 0 Å². The molecule has 0 aromatic heterocycles. The predicted molar refractivity (Wildman–Crippen MR) is 121 cm³/mol. The van der Waals surface area contributed by atoms with Crippen molar-refractivity contribution < 1.29 is 9.59 Å². The molecule has 2 amide bonds. The number of aliphatic imine (C=N–C) groups is 1. The Labute approximate surface area is 179 Å². The second-order valence-corrected chi connectivity index (χ2v) is 8.66. The van der Waals surface area contributed by atoms with Crippen molar-refractivity contribution in [2.45, 2.75) is 25.7 Å². The van der Waals surface area contributed by atoms with E-state index in [1.165, 1.54) is 16.8 Å². The zero-order valence-electron chi connectivity index (χ0n) is 17.1. The Bertz CT molecular complexity index is 974. The van der Waals surface area contributed by atoms with Crippen molar-refractivity contribution in [1.82, 2.24) is 9.91 Å². The number of rotatable bonds is 4. The first-order valence-corrected chi connectivity index (χ1v) is 10.8. The van der Waals surface area contributed by atoms with Gasteiger partial charge in [0.1, 0.15) is 5.04 Å². The lowest BCUT2D eigenvalue weighted by molar-refractivity contribution is -0.130. The highest BCUT2D eigenvalue weighted by Gasteiger charge is 2.36. The lowest BCUT2D eigenvalue weighted by atomic mass is 10.1. The Balaban J connectivity index is 1.50. The van der Waals surface area contributed by atoms with Crippen LogP contribution in [0.1, 0.15) is 31.2 Å². The van der Waals surface area contributed by atoms with Gasteiger partial charge >= 0.3 is 0 Å². The number of piperidine rings is 1. The number of carbonyl (C=O) groups is 2. The summed E-state index contributed by atoms with van der Waals surface area (Å²) in [5, 5.41) is 15.1. The van der Waals surface area contributed by atoms with E-state index in [1.807, 2.05) is 48.2 Å². The van der Waals surface area contributed by atoms with E-state index >= 15 is 0 Å². The van der Waals surface area contributed by atoms with Gasteiger partial charge in [0.15, 0.2) is 5.84 Å². The molecule has 156 valence electrons. The van der Waals surface area contributed by atoms with Crippen LogP contribution in [-0.4, -0.2) is 65.0 Å². The smallest absolute Gasteiger partial charge is 0.283 e. The number of nitrogens with one attached hydrogen (secondary N) is 1. The Morgan fingerprint density at radius 2 is 1.90 bits per heavy atom. The Hall–Kier alpha value is -2.94. The molecule has 3 heterocycles. The van der Waals surface area contributed by atoms with E-state index in [4.69, 9.17) is 5.41 Å². The summed E-state index contributed by atoms with van der Waals surface area (Å²) in [7, 11) is 3.92. The van der Waals surface area contributed by atoms with Crippen molar-refractivity contribution in [2.75, 3.05) is 32.1 Å². The Morgan fingerprint density at radius 3 is 2.57 bits per heavy atom. The highest BCUT2D eigenvalue weighted by molar-refractivity contribution is 8.27. The van der Waals surface area contributed by atoms with Crippen molar-refractivity contribution in [3.63, 3.8) is 0 Å². The van der Waals surface area contributed by atoms with Crippen molar-refractivity contribution >= 4 is 51.4 Å². The van der Waals surface area contributed by atoms with Gasteiger partial charge in [-0.25, -0.2) is 0 Å². The second-order valence-electron chi connectivity index (χ2n) is 7.62. The number of amides is 2. The fourth-order valence-electron chi connectivity index (χ4n) is 3.52. The quantitative estimate of drug-likeness (QED) is 0.751. The number of hydrogen-bond donors (Lipinski definition) is 1. The molecule has 0 saturated carbocycles. The molecule has 0 atom stereocenters. The zero-order chi connectivity index (χ0) is 21.3. The first kappa shape index (κ1) is 20.3. The van der Waals surface area contributed by atoms with Crippen LogP contribution in [0, 0.1) is 5.41 Å². The number of likely N-dealkylation sites (tertiary alicyclic amines) is 1. The maximum atomic E-state index is 12.5. The normalized spacial score (nSPS) is 20.3. The van der Waals surface area contributed by atoms with Gasteiger partial charge in [-0.3, -0.25) is 15.0 Å². The van der Waals surface area contributed by atoms with E-state index in [1.54, 1.807) is 6.08 Å². The minimum absolute atomic E-state index is 0.0189. The Morgan fingerprint density at radius 1 is 1.20 bits per heavy atom. The van der Waals surface area contributed by atoms with Gasteiger partial charge in [-0.1, -0.05) is 12.1 Å². The molecule has 0 unspecified atom stereocenters. The molecule has 0 bridgehead atoms. The summed E-state index contributed by atoms with van der Waals surface area (Å²) in [6.07, 6.45) is 5.06. The maximum Gasteiger partial charge on any atom is 0.283 e. The number of fused-ring (bicyclic) bond motifs is 1. The Kier molecular flexibility index (Phi) is 5.72. The van der Waals surface area contributed by atoms with E-state index in [-0.39, 0.29) is 23.7 Å². The molecule has 30 heavy (non-hydrogen) atoms. The van der Waals surface area contributed by atoms with Crippen molar-refractivity contribution in [3.05, 3.63) is 35.4 Å². The summed E-state index contributed by atoms with van der Waals surface area (Å²) in [4.78, 5) is 33.0. The van der Waals surface area contributed by atoms with E-state index in [0.29, 0.717) is 10.2 Å². The van der Waals surface area contributed by atoms with Gasteiger partial charge in [-0.15, -0.1) is 0 Å². The predicted octanol–water partition coefficient (Wildman–Crippen LogP) is 2.77.